The fourth-order valence-electron chi connectivity index (χ4n) is 3.38. The standard InChI is InChI=1S/C24H30ClFN2O3/c1-24(2,3)30-16-21(29)14-28(13-17-4-10-20(26)11-5-17)15-22-12-23(27-31-22)18-6-8-19(25)9-7-18/h4-11,21-22,29H,12-16H2,1-3H3/t21-,22-/m0/s1. The summed E-state index contributed by atoms with van der Waals surface area (Å²) >= 11 is 5.97. The third-order valence-corrected chi connectivity index (χ3v) is 5.12. The van der Waals surface area contributed by atoms with E-state index in [2.05, 4.69) is 10.1 Å². The molecule has 0 fully saturated rings. The van der Waals surface area contributed by atoms with Gasteiger partial charge in [-0.05, 0) is 56.2 Å². The molecule has 0 aromatic heterocycles. The van der Waals surface area contributed by atoms with E-state index in [1.165, 1.54) is 12.1 Å². The van der Waals surface area contributed by atoms with Gasteiger partial charge in [-0.3, -0.25) is 4.90 Å². The molecule has 5 nitrogen and oxygen atoms in total. The van der Waals surface area contributed by atoms with E-state index in [-0.39, 0.29) is 24.1 Å². The van der Waals surface area contributed by atoms with Crippen LogP contribution in [0.4, 0.5) is 4.39 Å². The zero-order chi connectivity index (χ0) is 22.4. The Hall–Kier alpha value is -1.99. The van der Waals surface area contributed by atoms with Gasteiger partial charge < -0.3 is 14.7 Å². The number of aliphatic hydroxyl groups is 1. The molecule has 0 radical (unpaired) electrons. The molecule has 0 saturated carbocycles. The second-order valence-electron chi connectivity index (χ2n) is 8.87. The van der Waals surface area contributed by atoms with Gasteiger partial charge in [0.1, 0.15) is 11.9 Å². The van der Waals surface area contributed by atoms with Gasteiger partial charge in [0.05, 0.1) is 24.0 Å². The van der Waals surface area contributed by atoms with Crippen LogP contribution in [-0.2, 0) is 16.1 Å². The molecule has 1 heterocycles. The van der Waals surface area contributed by atoms with Gasteiger partial charge in [0.15, 0.2) is 0 Å². The SMILES string of the molecule is CC(C)(C)OC[C@@H](O)CN(Cc1ccc(F)cc1)C[C@@H]1CC(c2ccc(Cl)cc2)=NO1. The minimum absolute atomic E-state index is 0.137. The Kier molecular flexibility index (Phi) is 8.06. The molecule has 31 heavy (non-hydrogen) atoms. The summed E-state index contributed by atoms with van der Waals surface area (Å²) in [6.07, 6.45) is -0.129. The smallest absolute Gasteiger partial charge is 0.145 e. The fourth-order valence-corrected chi connectivity index (χ4v) is 3.50. The lowest BCUT2D eigenvalue weighted by atomic mass is 10.0. The molecule has 2 atom stereocenters. The Morgan fingerprint density at radius 3 is 2.52 bits per heavy atom. The number of rotatable bonds is 9. The molecule has 0 aliphatic carbocycles. The van der Waals surface area contributed by atoms with Crippen molar-refractivity contribution < 1.29 is 19.1 Å². The monoisotopic (exact) mass is 448 g/mol. The zero-order valence-electron chi connectivity index (χ0n) is 18.2. The molecule has 7 heteroatoms. The Balaban J connectivity index is 1.62. The van der Waals surface area contributed by atoms with Gasteiger partial charge in [0, 0.05) is 31.1 Å². The maximum absolute atomic E-state index is 13.3. The van der Waals surface area contributed by atoms with Crippen LogP contribution in [0, 0.1) is 5.82 Å². The summed E-state index contributed by atoms with van der Waals surface area (Å²) in [6.45, 7) is 7.65. The topological polar surface area (TPSA) is 54.3 Å². The van der Waals surface area contributed by atoms with Crippen molar-refractivity contribution in [3.05, 3.63) is 70.5 Å². The molecule has 2 aromatic rings. The first kappa shape index (κ1) is 23.7. The molecule has 2 aromatic carbocycles. The van der Waals surface area contributed by atoms with Crippen LogP contribution in [0.25, 0.3) is 0 Å². The van der Waals surface area contributed by atoms with Crippen LogP contribution in [0.5, 0.6) is 0 Å². The molecule has 0 saturated heterocycles. The first-order valence-electron chi connectivity index (χ1n) is 10.5. The van der Waals surface area contributed by atoms with E-state index >= 15 is 0 Å². The molecule has 0 amide bonds. The quantitative estimate of drug-likeness (QED) is 0.606. The van der Waals surface area contributed by atoms with Gasteiger partial charge in [0.2, 0.25) is 0 Å². The van der Waals surface area contributed by atoms with Crippen LogP contribution in [-0.4, -0.2) is 53.2 Å². The van der Waals surface area contributed by atoms with E-state index in [4.69, 9.17) is 21.2 Å². The number of aliphatic hydroxyl groups excluding tert-OH is 1. The lowest BCUT2D eigenvalue weighted by molar-refractivity contribution is -0.0600. The van der Waals surface area contributed by atoms with Gasteiger partial charge in [-0.15, -0.1) is 0 Å². The molecule has 1 N–H and O–H groups in total. The number of nitrogens with zero attached hydrogens (tertiary/aromatic N) is 2. The number of halogens is 2. The van der Waals surface area contributed by atoms with Gasteiger partial charge in [-0.2, -0.15) is 0 Å². The Morgan fingerprint density at radius 2 is 1.87 bits per heavy atom. The van der Waals surface area contributed by atoms with Crippen molar-refractivity contribution in [2.24, 2.45) is 5.16 Å². The molecule has 3 rings (SSSR count). The van der Waals surface area contributed by atoms with Gasteiger partial charge in [0.25, 0.3) is 0 Å². The lowest BCUT2D eigenvalue weighted by Crippen LogP contribution is -2.40. The molecule has 1 aliphatic heterocycles. The average Bonchev–Trinajstić information content (AvgIpc) is 3.16. The number of ether oxygens (including phenoxy) is 1. The summed E-state index contributed by atoms with van der Waals surface area (Å²) in [7, 11) is 0. The van der Waals surface area contributed by atoms with E-state index in [0.29, 0.717) is 31.1 Å². The second kappa shape index (κ2) is 10.6. The van der Waals surface area contributed by atoms with Crippen LogP contribution < -0.4 is 0 Å². The summed E-state index contributed by atoms with van der Waals surface area (Å²) in [6, 6.07) is 13.9. The minimum atomic E-state index is -0.655. The fraction of sp³-hybridized carbons (Fsp3) is 0.458. The highest BCUT2D eigenvalue weighted by atomic mass is 35.5. The van der Waals surface area contributed by atoms with Crippen molar-refractivity contribution in [2.75, 3.05) is 19.7 Å². The third kappa shape index (κ3) is 7.89. The Morgan fingerprint density at radius 1 is 1.19 bits per heavy atom. The summed E-state index contributed by atoms with van der Waals surface area (Å²) in [4.78, 5) is 7.77. The van der Waals surface area contributed by atoms with Crippen molar-refractivity contribution >= 4 is 17.3 Å². The highest BCUT2D eigenvalue weighted by molar-refractivity contribution is 6.30. The predicted molar refractivity (Wildman–Crippen MR) is 121 cm³/mol. The molecular formula is C24H30ClFN2O3. The summed E-state index contributed by atoms with van der Waals surface area (Å²) in [5, 5.41) is 15.5. The van der Waals surface area contributed by atoms with Gasteiger partial charge in [-0.1, -0.05) is 41.0 Å². The number of hydrogen-bond donors (Lipinski definition) is 1. The first-order valence-corrected chi connectivity index (χ1v) is 10.8. The Bertz CT molecular complexity index is 866. The first-order chi connectivity index (χ1) is 14.7. The highest BCUT2D eigenvalue weighted by Gasteiger charge is 2.26. The van der Waals surface area contributed by atoms with E-state index in [0.717, 1.165) is 16.8 Å². The average molecular weight is 449 g/mol. The van der Waals surface area contributed by atoms with Crippen molar-refractivity contribution in [1.82, 2.24) is 4.90 Å². The summed E-state index contributed by atoms with van der Waals surface area (Å²) < 4.78 is 19.0. The van der Waals surface area contributed by atoms with E-state index < -0.39 is 6.10 Å². The third-order valence-electron chi connectivity index (χ3n) is 4.87. The van der Waals surface area contributed by atoms with Crippen LogP contribution >= 0.6 is 11.6 Å². The maximum Gasteiger partial charge on any atom is 0.145 e. The van der Waals surface area contributed by atoms with Crippen LogP contribution in [0.2, 0.25) is 5.02 Å². The molecule has 168 valence electrons. The maximum atomic E-state index is 13.3. The van der Waals surface area contributed by atoms with Crippen LogP contribution in [0.15, 0.2) is 53.7 Å². The number of hydrogen-bond acceptors (Lipinski definition) is 5. The molecule has 1 aliphatic rings. The predicted octanol–water partition coefficient (Wildman–Crippen LogP) is 4.65. The largest absolute Gasteiger partial charge is 0.390 e. The molecule has 0 bridgehead atoms. The van der Waals surface area contributed by atoms with Crippen molar-refractivity contribution in [3.63, 3.8) is 0 Å². The number of benzene rings is 2. The van der Waals surface area contributed by atoms with Crippen molar-refractivity contribution in [1.29, 1.82) is 0 Å². The zero-order valence-corrected chi connectivity index (χ0v) is 19.0. The highest BCUT2D eigenvalue weighted by Crippen LogP contribution is 2.20. The summed E-state index contributed by atoms with van der Waals surface area (Å²) in [5.74, 6) is -0.269. The van der Waals surface area contributed by atoms with E-state index in [1.54, 1.807) is 12.1 Å². The molecular weight excluding hydrogens is 419 g/mol. The summed E-state index contributed by atoms with van der Waals surface area (Å²) in [5.41, 5.74) is 2.50. The second-order valence-corrected chi connectivity index (χ2v) is 9.31. The lowest BCUT2D eigenvalue weighted by Gasteiger charge is -2.28. The Labute approximate surface area is 188 Å². The molecule has 0 unspecified atom stereocenters. The van der Waals surface area contributed by atoms with Gasteiger partial charge >= 0.3 is 0 Å². The molecule has 0 spiro atoms. The normalized spacial score (nSPS) is 17.5. The minimum Gasteiger partial charge on any atom is -0.390 e. The number of oxime groups is 1. The van der Waals surface area contributed by atoms with Crippen LogP contribution in [0.1, 0.15) is 38.3 Å². The van der Waals surface area contributed by atoms with Crippen molar-refractivity contribution in [3.8, 4) is 0 Å². The van der Waals surface area contributed by atoms with Crippen molar-refractivity contribution in [2.45, 2.75) is 51.5 Å². The van der Waals surface area contributed by atoms with Crippen LogP contribution in [0.3, 0.4) is 0 Å². The van der Waals surface area contributed by atoms with E-state index in [1.807, 2.05) is 45.0 Å². The van der Waals surface area contributed by atoms with Gasteiger partial charge in [-0.25, -0.2) is 4.39 Å². The van der Waals surface area contributed by atoms with E-state index in [9.17, 15) is 9.50 Å².